The van der Waals surface area contributed by atoms with Gasteiger partial charge in [-0.05, 0) is 91.3 Å². The summed E-state index contributed by atoms with van der Waals surface area (Å²) in [6.45, 7) is 11.5. The predicted octanol–water partition coefficient (Wildman–Crippen LogP) is 5.11. The van der Waals surface area contributed by atoms with Gasteiger partial charge in [0.2, 0.25) is 0 Å². The Bertz CT molecular complexity index is 591. The Kier molecular flexibility index (Phi) is 6.75. The van der Waals surface area contributed by atoms with Crippen LogP contribution in [-0.4, -0.2) is 33.5 Å². The van der Waals surface area contributed by atoms with E-state index in [-0.39, 0.29) is 29.5 Å². The van der Waals surface area contributed by atoms with E-state index in [1.807, 2.05) is 0 Å². The van der Waals surface area contributed by atoms with E-state index in [1.54, 1.807) is 0 Å². The van der Waals surface area contributed by atoms with Crippen LogP contribution in [-0.2, 0) is 4.79 Å². The van der Waals surface area contributed by atoms with Gasteiger partial charge in [-0.25, -0.2) is 0 Å². The molecule has 0 amide bonds. The first-order valence-electron chi connectivity index (χ1n) is 12.1. The Morgan fingerprint density at radius 2 is 1.83 bits per heavy atom. The van der Waals surface area contributed by atoms with Crippen molar-refractivity contribution < 1.29 is 20.1 Å². The molecule has 10 atom stereocenters. The summed E-state index contributed by atoms with van der Waals surface area (Å²) in [5.41, 5.74) is 0.0839. The molecule has 0 saturated heterocycles. The Morgan fingerprint density at radius 1 is 1.14 bits per heavy atom. The molecule has 4 heteroatoms. The third kappa shape index (κ3) is 3.89. The Morgan fingerprint density at radius 3 is 2.45 bits per heavy atom. The maximum atomic E-state index is 11.6. The summed E-state index contributed by atoms with van der Waals surface area (Å²) in [5.74, 6) is 2.10. The van der Waals surface area contributed by atoms with E-state index >= 15 is 0 Å². The van der Waals surface area contributed by atoms with Crippen molar-refractivity contribution in [3.8, 4) is 0 Å². The van der Waals surface area contributed by atoms with Gasteiger partial charge >= 0.3 is 5.97 Å². The molecule has 0 aliphatic heterocycles. The number of carboxylic acid groups (broad SMARTS) is 1. The van der Waals surface area contributed by atoms with Gasteiger partial charge in [0, 0.05) is 6.42 Å². The first-order chi connectivity index (χ1) is 13.6. The maximum Gasteiger partial charge on any atom is 0.303 e. The molecule has 0 bridgehead atoms. The lowest BCUT2D eigenvalue weighted by Crippen LogP contribution is -2.60. The van der Waals surface area contributed by atoms with Crippen LogP contribution in [0, 0.1) is 46.3 Å². The van der Waals surface area contributed by atoms with Gasteiger partial charge in [0.15, 0.2) is 0 Å². The maximum absolute atomic E-state index is 11.6. The van der Waals surface area contributed by atoms with Crippen LogP contribution in [0.2, 0.25) is 0 Å². The van der Waals surface area contributed by atoms with Gasteiger partial charge in [-0.15, -0.1) is 0 Å². The van der Waals surface area contributed by atoms with E-state index in [4.69, 9.17) is 5.11 Å². The fourth-order valence-corrected chi connectivity index (χ4v) is 8.31. The second-order valence-electron chi connectivity index (χ2n) is 11.3. The SMILES string of the molecule is CC[C@H]([C@H](C)CCC(=O)O)[C@@]1(C)[C@@H](O)C[C@H]2[C@@H](CC[C@@H]3C[C@H](O)CC[C@@]32C)[C@@H]1C. The number of aliphatic hydroxyl groups excluding tert-OH is 2. The molecule has 3 aliphatic rings. The third-order valence-electron chi connectivity index (χ3n) is 10.3. The molecule has 3 aliphatic carbocycles. The highest BCUT2D eigenvalue weighted by Crippen LogP contribution is 2.65. The second kappa shape index (κ2) is 8.49. The van der Waals surface area contributed by atoms with Crippen molar-refractivity contribution in [3.63, 3.8) is 0 Å². The minimum absolute atomic E-state index is 0.139. The summed E-state index contributed by atoms with van der Waals surface area (Å²) in [7, 11) is 0. The molecule has 3 N–H and O–H groups in total. The van der Waals surface area contributed by atoms with Crippen LogP contribution in [0.3, 0.4) is 0 Å². The van der Waals surface area contributed by atoms with Crippen LogP contribution >= 0.6 is 0 Å². The third-order valence-corrected chi connectivity index (χ3v) is 10.3. The van der Waals surface area contributed by atoms with Gasteiger partial charge in [0.1, 0.15) is 0 Å². The normalized spacial score (nSPS) is 47.0. The highest BCUT2D eigenvalue weighted by Gasteiger charge is 2.60. The van der Waals surface area contributed by atoms with Crippen LogP contribution in [0.5, 0.6) is 0 Å². The average Bonchev–Trinajstić information content (AvgIpc) is 2.66. The van der Waals surface area contributed by atoms with E-state index < -0.39 is 5.97 Å². The number of carbonyl (C=O) groups is 1. The van der Waals surface area contributed by atoms with Crippen LogP contribution < -0.4 is 0 Å². The molecule has 3 saturated carbocycles. The molecule has 168 valence electrons. The molecule has 0 aromatic rings. The molecular formula is C25H44O4. The van der Waals surface area contributed by atoms with Crippen molar-refractivity contribution in [2.75, 3.05) is 0 Å². The minimum atomic E-state index is -0.722. The molecule has 3 rings (SSSR count). The van der Waals surface area contributed by atoms with Crippen LogP contribution in [0.4, 0.5) is 0 Å². The lowest BCUT2D eigenvalue weighted by molar-refractivity contribution is -0.188. The van der Waals surface area contributed by atoms with Gasteiger partial charge in [0.25, 0.3) is 0 Å². The van der Waals surface area contributed by atoms with Crippen molar-refractivity contribution in [1.29, 1.82) is 0 Å². The fourth-order valence-electron chi connectivity index (χ4n) is 8.31. The molecule has 3 fully saturated rings. The minimum Gasteiger partial charge on any atom is -0.481 e. The molecule has 0 aromatic heterocycles. The van der Waals surface area contributed by atoms with E-state index in [9.17, 15) is 15.0 Å². The van der Waals surface area contributed by atoms with Gasteiger partial charge in [-0.1, -0.05) is 41.0 Å². The van der Waals surface area contributed by atoms with Crippen molar-refractivity contribution >= 4 is 5.97 Å². The molecule has 29 heavy (non-hydrogen) atoms. The van der Waals surface area contributed by atoms with Gasteiger partial charge in [-0.2, -0.15) is 0 Å². The highest BCUT2D eigenvalue weighted by atomic mass is 16.4. The number of aliphatic hydroxyl groups is 2. The standard InChI is InChI=1S/C25H44O4/c1-6-20(15(2)7-10-23(28)29)25(5)16(3)19-9-8-17-13-18(26)11-12-24(17,4)21(19)14-22(25)27/h15-22,26-27H,6-14H2,1-5H3,(H,28,29)/t15-,16+,17-,18-,19+,20-,21+,22+,24+,25+/m1/s1. The lowest BCUT2D eigenvalue weighted by atomic mass is 9.42. The zero-order valence-electron chi connectivity index (χ0n) is 19.2. The van der Waals surface area contributed by atoms with Gasteiger partial charge in [-0.3, -0.25) is 4.79 Å². The smallest absolute Gasteiger partial charge is 0.303 e. The quantitative estimate of drug-likeness (QED) is 0.570. The summed E-state index contributed by atoms with van der Waals surface area (Å²) in [5, 5.41) is 30.9. The molecule has 0 aromatic carbocycles. The van der Waals surface area contributed by atoms with E-state index in [0.717, 1.165) is 32.1 Å². The largest absolute Gasteiger partial charge is 0.481 e. The van der Waals surface area contributed by atoms with Crippen molar-refractivity contribution in [3.05, 3.63) is 0 Å². The lowest BCUT2D eigenvalue weighted by Gasteiger charge is -2.64. The van der Waals surface area contributed by atoms with Gasteiger partial charge in [0.05, 0.1) is 12.2 Å². The summed E-state index contributed by atoms with van der Waals surface area (Å²) >= 11 is 0. The monoisotopic (exact) mass is 408 g/mol. The summed E-state index contributed by atoms with van der Waals surface area (Å²) in [6.07, 6.45) is 7.63. The van der Waals surface area contributed by atoms with E-state index in [1.165, 1.54) is 12.8 Å². The Balaban J connectivity index is 1.84. The number of fused-ring (bicyclic) bond motifs is 3. The van der Waals surface area contributed by atoms with Crippen LogP contribution in [0.25, 0.3) is 0 Å². The van der Waals surface area contributed by atoms with Crippen molar-refractivity contribution in [2.24, 2.45) is 46.3 Å². The fraction of sp³-hybridized carbons (Fsp3) is 0.960. The zero-order valence-corrected chi connectivity index (χ0v) is 19.2. The molecule has 0 heterocycles. The topological polar surface area (TPSA) is 77.8 Å². The number of rotatable bonds is 6. The molecule has 0 spiro atoms. The summed E-state index contributed by atoms with van der Waals surface area (Å²) in [4.78, 5) is 11.1. The number of hydrogen-bond donors (Lipinski definition) is 3. The highest BCUT2D eigenvalue weighted by molar-refractivity contribution is 5.66. The summed E-state index contributed by atoms with van der Waals surface area (Å²) in [6, 6.07) is 0. The van der Waals surface area contributed by atoms with E-state index in [2.05, 4.69) is 34.6 Å². The Hall–Kier alpha value is -0.610. The Labute approximate surface area is 177 Å². The molecule has 4 nitrogen and oxygen atoms in total. The van der Waals surface area contributed by atoms with Crippen molar-refractivity contribution in [2.45, 2.75) is 105 Å². The number of carboxylic acids is 1. The van der Waals surface area contributed by atoms with E-state index in [0.29, 0.717) is 41.9 Å². The van der Waals surface area contributed by atoms with Crippen LogP contribution in [0.15, 0.2) is 0 Å². The average molecular weight is 409 g/mol. The molecular weight excluding hydrogens is 364 g/mol. The van der Waals surface area contributed by atoms with Crippen LogP contribution in [0.1, 0.15) is 92.4 Å². The van der Waals surface area contributed by atoms with Gasteiger partial charge < -0.3 is 15.3 Å². The molecule has 0 unspecified atom stereocenters. The molecule has 0 radical (unpaired) electrons. The zero-order chi connectivity index (χ0) is 21.6. The second-order valence-corrected chi connectivity index (χ2v) is 11.3. The van der Waals surface area contributed by atoms with Crippen molar-refractivity contribution in [1.82, 2.24) is 0 Å². The number of aliphatic carboxylic acids is 1. The first kappa shape index (κ1) is 23.1. The summed E-state index contributed by atoms with van der Waals surface area (Å²) < 4.78 is 0. The first-order valence-corrected chi connectivity index (χ1v) is 12.1. The number of hydrogen-bond acceptors (Lipinski definition) is 3. The predicted molar refractivity (Wildman–Crippen MR) is 115 cm³/mol.